The third-order valence-electron chi connectivity index (χ3n) is 5.78. The van der Waals surface area contributed by atoms with E-state index in [9.17, 15) is 19.2 Å². The van der Waals surface area contributed by atoms with Gasteiger partial charge in [-0.3, -0.25) is 19.0 Å². The summed E-state index contributed by atoms with van der Waals surface area (Å²) in [5, 5.41) is 5.85. The summed E-state index contributed by atoms with van der Waals surface area (Å²) in [5.41, 5.74) is 0.825. The zero-order valence-electron chi connectivity index (χ0n) is 20.3. The SMILES string of the molecule is CC(C)COC(=O)N1C[C@H](NC(=O)c2ccc(-n3ccccc3=O)cc2)[C@H](NC(=O)c2ccc(Cl)s2)C1. The Morgan fingerprint density at radius 1 is 1.00 bits per heavy atom. The van der Waals surface area contributed by atoms with Crippen LogP contribution in [0.5, 0.6) is 0 Å². The van der Waals surface area contributed by atoms with Gasteiger partial charge in [0.05, 0.1) is 27.9 Å². The van der Waals surface area contributed by atoms with E-state index >= 15 is 0 Å². The highest BCUT2D eigenvalue weighted by Gasteiger charge is 2.38. The number of aromatic nitrogens is 1. The Labute approximate surface area is 223 Å². The van der Waals surface area contributed by atoms with Crippen molar-refractivity contribution in [1.29, 1.82) is 0 Å². The largest absolute Gasteiger partial charge is 0.449 e. The minimum Gasteiger partial charge on any atom is -0.449 e. The number of pyridine rings is 1. The Hall–Kier alpha value is -3.63. The van der Waals surface area contributed by atoms with Gasteiger partial charge in [-0.1, -0.05) is 31.5 Å². The van der Waals surface area contributed by atoms with Crippen molar-refractivity contribution in [3.05, 3.63) is 85.9 Å². The van der Waals surface area contributed by atoms with E-state index < -0.39 is 18.2 Å². The average molecular weight is 543 g/mol. The van der Waals surface area contributed by atoms with Crippen molar-refractivity contribution in [2.45, 2.75) is 25.9 Å². The molecule has 3 amide bonds. The van der Waals surface area contributed by atoms with Gasteiger partial charge in [0.2, 0.25) is 0 Å². The van der Waals surface area contributed by atoms with Gasteiger partial charge < -0.3 is 20.3 Å². The lowest BCUT2D eigenvalue weighted by Crippen LogP contribution is -2.50. The van der Waals surface area contributed by atoms with Gasteiger partial charge in [0.1, 0.15) is 0 Å². The van der Waals surface area contributed by atoms with Crippen LogP contribution in [0.4, 0.5) is 4.79 Å². The van der Waals surface area contributed by atoms with Crippen LogP contribution in [0, 0.1) is 5.92 Å². The molecular formula is C26H27ClN4O5S. The summed E-state index contributed by atoms with van der Waals surface area (Å²) in [6.45, 7) is 4.51. The molecule has 3 heterocycles. The Kier molecular flexibility index (Phi) is 8.30. The molecule has 0 unspecified atom stereocenters. The monoisotopic (exact) mass is 542 g/mol. The molecule has 3 aromatic rings. The maximum absolute atomic E-state index is 13.1. The van der Waals surface area contributed by atoms with Crippen LogP contribution in [0.15, 0.2) is 65.6 Å². The molecule has 1 aromatic carbocycles. The molecule has 0 spiro atoms. The quantitative estimate of drug-likeness (QED) is 0.474. The molecular weight excluding hydrogens is 516 g/mol. The standard InChI is InChI=1S/C26H27ClN4O5S/c1-16(2)15-36-26(35)30-13-19(20(14-30)29-25(34)21-10-11-22(27)37-21)28-24(33)17-6-8-18(9-7-17)31-12-4-3-5-23(31)32/h3-12,16,19-20H,13-15H2,1-2H3,(H,28,33)(H,29,34)/t19-,20+/m0/s1. The van der Waals surface area contributed by atoms with Crippen LogP contribution in [0.2, 0.25) is 4.34 Å². The van der Waals surface area contributed by atoms with Gasteiger partial charge >= 0.3 is 6.09 Å². The van der Waals surface area contributed by atoms with Gasteiger partial charge in [-0.05, 0) is 48.4 Å². The summed E-state index contributed by atoms with van der Waals surface area (Å²) < 4.78 is 7.31. The number of rotatable bonds is 7. The van der Waals surface area contributed by atoms with Crippen molar-refractivity contribution < 1.29 is 19.1 Å². The Balaban J connectivity index is 1.47. The fourth-order valence-corrected chi connectivity index (χ4v) is 4.86. The summed E-state index contributed by atoms with van der Waals surface area (Å²) in [4.78, 5) is 52.4. The Morgan fingerprint density at radius 3 is 2.27 bits per heavy atom. The van der Waals surface area contributed by atoms with Gasteiger partial charge in [0.15, 0.2) is 0 Å². The van der Waals surface area contributed by atoms with Crippen LogP contribution in [-0.4, -0.2) is 59.2 Å². The first-order chi connectivity index (χ1) is 17.7. The molecule has 194 valence electrons. The van der Waals surface area contributed by atoms with Crippen LogP contribution in [0.3, 0.4) is 0 Å². The van der Waals surface area contributed by atoms with Crippen molar-refractivity contribution >= 4 is 40.8 Å². The van der Waals surface area contributed by atoms with Crippen LogP contribution < -0.4 is 16.2 Å². The maximum Gasteiger partial charge on any atom is 0.409 e. The Bertz CT molecular complexity index is 1340. The molecule has 1 aliphatic rings. The first-order valence-corrected chi connectivity index (χ1v) is 13.0. The molecule has 0 aliphatic carbocycles. The number of ether oxygens (including phenoxy) is 1. The van der Waals surface area contributed by atoms with Crippen LogP contribution in [0.25, 0.3) is 5.69 Å². The van der Waals surface area contributed by atoms with E-state index in [1.54, 1.807) is 54.7 Å². The van der Waals surface area contributed by atoms with E-state index in [0.717, 1.165) is 11.3 Å². The van der Waals surface area contributed by atoms with Crippen LogP contribution in [-0.2, 0) is 4.74 Å². The van der Waals surface area contributed by atoms with E-state index in [1.807, 2.05) is 13.8 Å². The molecule has 1 saturated heterocycles. The zero-order valence-corrected chi connectivity index (χ0v) is 21.9. The molecule has 2 atom stereocenters. The minimum atomic E-state index is -0.546. The predicted molar refractivity (Wildman–Crippen MR) is 142 cm³/mol. The van der Waals surface area contributed by atoms with Gasteiger partial charge in [-0.2, -0.15) is 0 Å². The number of benzene rings is 1. The second-order valence-corrected chi connectivity index (χ2v) is 10.8. The fraction of sp³-hybridized carbons (Fsp3) is 0.308. The lowest BCUT2D eigenvalue weighted by atomic mass is 10.1. The molecule has 1 aliphatic heterocycles. The lowest BCUT2D eigenvalue weighted by molar-refractivity contribution is 0.0898. The summed E-state index contributed by atoms with van der Waals surface area (Å²) in [5.74, 6) is -0.528. The van der Waals surface area contributed by atoms with Gasteiger partial charge in [0, 0.05) is 36.6 Å². The van der Waals surface area contributed by atoms with Crippen molar-refractivity contribution in [2.24, 2.45) is 5.92 Å². The van der Waals surface area contributed by atoms with E-state index in [-0.39, 0.29) is 43.0 Å². The van der Waals surface area contributed by atoms with E-state index in [4.69, 9.17) is 16.3 Å². The normalized spacial score (nSPS) is 17.0. The molecule has 0 radical (unpaired) electrons. The van der Waals surface area contributed by atoms with Gasteiger partial charge in [0.25, 0.3) is 17.4 Å². The number of hydrogen-bond donors (Lipinski definition) is 2. The molecule has 2 aromatic heterocycles. The highest BCUT2D eigenvalue weighted by Crippen LogP contribution is 2.22. The second kappa shape index (κ2) is 11.6. The van der Waals surface area contributed by atoms with Crippen molar-refractivity contribution in [3.8, 4) is 5.69 Å². The zero-order chi connectivity index (χ0) is 26.5. The van der Waals surface area contributed by atoms with E-state index in [2.05, 4.69) is 10.6 Å². The molecule has 9 nitrogen and oxygen atoms in total. The first-order valence-electron chi connectivity index (χ1n) is 11.8. The maximum atomic E-state index is 13.1. The molecule has 37 heavy (non-hydrogen) atoms. The summed E-state index contributed by atoms with van der Waals surface area (Å²) in [6.07, 6.45) is 1.15. The molecule has 4 rings (SSSR count). The number of halogens is 1. The number of thiophene rings is 1. The number of hydrogen-bond acceptors (Lipinski definition) is 6. The summed E-state index contributed by atoms with van der Waals surface area (Å²) >= 11 is 7.11. The van der Waals surface area contributed by atoms with Crippen molar-refractivity contribution in [2.75, 3.05) is 19.7 Å². The van der Waals surface area contributed by atoms with Gasteiger partial charge in [-0.15, -0.1) is 11.3 Å². The van der Waals surface area contributed by atoms with Crippen molar-refractivity contribution in [1.82, 2.24) is 20.1 Å². The van der Waals surface area contributed by atoms with E-state index in [1.165, 1.54) is 15.5 Å². The van der Waals surface area contributed by atoms with Crippen molar-refractivity contribution in [3.63, 3.8) is 0 Å². The topological polar surface area (TPSA) is 110 Å². The number of carbonyl (C=O) groups excluding carboxylic acids is 3. The molecule has 2 N–H and O–H groups in total. The predicted octanol–water partition coefficient (Wildman–Crippen LogP) is 3.56. The first kappa shape index (κ1) is 26.4. The number of amides is 3. The minimum absolute atomic E-state index is 0.177. The third kappa shape index (κ3) is 6.58. The number of nitrogens with one attached hydrogen (secondary N) is 2. The summed E-state index contributed by atoms with van der Waals surface area (Å²) in [7, 11) is 0. The molecule has 1 fully saturated rings. The van der Waals surface area contributed by atoms with Crippen LogP contribution in [0.1, 0.15) is 33.9 Å². The number of carbonyl (C=O) groups is 3. The number of nitrogens with zero attached hydrogens (tertiary/aromatic N) is 2. The third-order valence-corrected chi connectivity index (χ3v) is 7.01. The summed E-state index contributed by atoms with van der Waals surface area (Å²) in [6, 6.07) is 13.6. The lowest BCUT2D eigenvalue weighted by Gasteiger charge is -2.20. The smallest absolute Gasteiger partial charge is 0.409 e. The molecule has 0 bridgehead atoms. The average Bonchev–Trinajstić information content (AvgIpc) is 3.49. The van der Waals surface area contributed by atoms with E-state index in [0.29, 0.717) is 20.5 Å². The molecule has 11 heteroatoms. The fourth-order valence-electron chi connectivity index (χ4n) is 3.92. The van der Waals surface area contributed by atoms with Gasteiger partial charge in [-0.25, -0.2) is 4.79 Å². The Morgan fingerprint density at radius 2 is 1.68 bits per heavy atom. The molecule has 0 saturated carbocycles. The number of likely N-dealkylation sites (tertiary alicyclic amines) is 1. The highest BCUT2D eigenvalue weighted by molar-refractivity contribution is 7.18. The highest BCUT2D eigenvalue weighted by atomic mass is 35.5. The van der Waals surface area contributed by atoms with Crippen LogP contribution >= 0.6 is 22.9 Å². The second-order valence-electron chi connectivity index (χ2n) is 9.10.